The number of nitrogens with zero attached hydrogens (tertiary/aromatic N) is 4. The Kier molecular flexibility index (Phi) is 3.37. The van der Waals surface area contributed by atoms with Gasteiger partial charge in [-0.2, -0.15) is 0 Å². The maximum absolute atomic E-state index is 12.8. The Hall–Kier alpha value is -2.63. The van der Waals surface area contributed by atoms with E-state index in [1.165, 1.54) is 0 Å². The molecule has 0 spiro atoms. The third-order valence-electron chi connectivity index (χ3n) is 4.61. The van der Waals surface area contributed by atoms with Crippen LogP contribution in [-0.4, -0.2) is 43.6 Å². The molecule has 1 fully saturated rings. The van der Waals surface area contributed by atoms with Crippen LogP contribution in [0.2, 0.25) is 0 Å². The molecule has 4 rings (SSSR count). The zero-order valence-electron chi connectivity index (χ0n) is 13.1. The van der Waals surface area contributed by atoms with Crippen molar-refractivity contribution in [3.8, 4) is 0 Å². The van der Waals surface area contributed by atoms with Gasteiger partial charge >= 0.3 is 0 Å². The molecule has 1 atom stereocenters. The lowest BCUT2D eigenvalue weighted by Crippen LogP contribution is -2.29. The molecule has 1 N–H and O–H groups in total. The Morgan fingerprint density at radius 2 is 2.30 bits per heavy atom. The Balaban J connectivity index is 1.53. The molecule has 118 valence electrons. The van der Waals surface area contributed by atoms with Crippen LogP contribution in [0.1, 0.15) is 35.6 Å². The van der Waals surface area contributed by atoms with Crippen LogP contribution < -0.4 is 0 Å². The van der Waals surface area contributed by atoms with E-state index >= 15 is 0 Å². The zero-order chi connectivity index (χ0) is 15.8. The predicted molar refractivity (Wildman–Crippen MR) is 87.3 cm³/mol. The molecular formula is C17H19N5O. The first kappa shape index (κ1) is 14.0. The molecule has 1 amide bonds. The number of H-pyrrole nitrogens is 1. The van der Waals surface area contributed by atoms with Gasteiger partial charge in [-0.1, -0.05) is 6.92 Å². The van der Waals surface area contributed by atoms with Crippen LogP contribution in [0.4, 0.5) is 0 Å². The van der Waals surface area contributed by atoms with Gasteiger partial charge in [-0.25, -0.2) is 0 Å². The average Bonchev–Trinajstić information content (AvgIpc) is 3.31. The van der Waals surface area contributed by atoms with Crippen molar-refractivity contribution in [3.63, 3.8) is 0 Å². The fraction of sp³-hybridized carbons (Fsp3) is 0.353. The second-order valence-electron chi connectivity index (χ2n) is 5.98. The molecule has 3 aromatic rings. The molecule has 1 aliphatic rings. The number of amides is 1. The van der Waals surface area contributed by atoms with E-state index in [4.69, 9.17) is 0 Å². The molecule has 1 aliphatic heterocycles. The Labute approximate surface area is 134 Å². The van der Waals surface area contributed by atoms with Crippen LogP contribution in [0.15, 0.2) is 36.8 Å². The summed E-state index contributed by atoms with van der Waals surface area (Å²) in [5, 5.41) is 9.21. The number of aromatic amines is 1. The predicted octanol–water partition coefficient (Wildman–Crippen LogP) is 2.41. The molecule has 0 bridgehead atoms. The first-order chi connectivity index (χ1) is 11.3. The Bertz CT molecular complexity index is 849. The standard InChI is InChI=1S/C17H19N5O/c1-2-16-20-19-11-22(16)14-6-8-21(10-14)17(23)13-3-4-15-12(9-13)5-7-18-15/h3-5,7,9,11,14,18H,2,6,8,10H2,1H3. The summed E-state index contributed by atoms with van der Waals surface area (Å²) >= 11 is 0. The molecule has 0 saturated carbocycles. The van der Waals surface area contributed by atoms with Gasteiger partial charge in [0.1, 0.15) is 12.2 Å². The maximum Gasteiger partial charge on any atom is 0.253 e. The highest BCUT2D eigenvalue weighted by Crippen LogP contribution is 2.25. The summed E-state index contributed by atoms with van der Waals surface area (Å²) in [6.07, 6.45) is 5.48. The van der Waals surface area contributed by atoms with E-state index in [-0.39, 0.29) is 11.9 Å². The number of hydrogen-bond acceptors (Lipinski definition) is 3. The lowest BCUT2D eigenvalue weighted by Gasteiger charge is -2.18. The summed E-state index contributed by atoms with van der Waals surface area (Å²) in [5.74, 6) is 1.08. The van der Waals surface area contributed by atoms with Crippen LogP contribution in [0.5, 0.6) is 0 Å². The number of hydrogen-bond donors (Lipinski definition) is 1. The number of fused-ring (bicyclic) bond motifs is 1. The van der Waals surface area contributed by atoms with Gasteiger partial charge in [-0.3, -0.25) is 4.79 Å². The van der Waals surface area contributed by atoms with Gasteiger partial charge in [-0.15, -0.1) is 10.2 Å². The fourth-order valence-corrected chi connectivity index (χ4v) is 3.35. The second kappa shape index (κ2) is 5.53. The van der Waals surface area contributed by atoms with Crippen LogP contribution in [0, 0.1) is 0 Å². The van der Waals surface area contributed by atoms with E-state index in [9.17, 15) is 4.79 Å². The lowest BCUT2D eigenvalue weighted by molar-refractivity contribution is 0.0787. The summed E-state index contributed by atoms with van der Waals surface area (Å²) < 4.78 is 2.11. The SMILES string of the molecule is CCc1nncn1C1CCN(C(=O)c2ccc3[nH]ccc3c2)C1. The number of benzene rings is 1. The highest BCUT2D eigenvalue weighted by molar-refractivity contribution is 5.98. The van der Waals surface area contributed by atoms with Crippen LogP contribution in [-0.2, 0) is 6.42 Å². The van der Waals surface area contributed by atoms with Gasteiger partial charge in [0.05, 0.1) is 6.04 Å². The van der Waals surface area contributed by atoms with Crippen molar-refractivity contribution in [3.05, 3.63) is 48.2 Å². The third kappa shape index (κ3) is 2.40. The first-order valence-electron chi connectivity index (χ1n) is 8.01. The highest BCUT2D eigenvalue weighted by atomic mass is 16.2. The van der Waals surface area contributed by atoms with Gasteiger partial charge in [0.2, 0.25) is 0 Å². The molecule has 0 aliphatic carbocycles. The molecule has 3 heterocycles. The summed E-state index contributed by atoms with van der Waals surface area (Å²) in [6, 6.07) is 8.08. The first-order valence-corrected chi connectivity index (χ1v) is 8.01. The normalized spacial score (nSPS) is 18.0. The third-order valence-corrected chi connectivity index (χ3v) is 4.61. The monoisotopic (exact) mass is 309 g/mol. The number of likely N-dealkylation sites (tertiary alicyclic amines) is 1. The zero-order valence-corrected chi connectivity index (χ0v) is 13.1. The molecule has 6 nitrogen and oxygen atoms in total. The number of carbonyl (C=O) groups is 1. The fourth-order valence-electron chi connectivity index (χ4n) is 3.35. The maximum atomic E-state index is 12.8. The van der Waals surface area contributed by atoms with E-state index < -0.39 is 0 Å². The summed E-state index contributed by atoms with van der Waals surface area (Å²) in [6.45, 7) is 3.57. The quantitative estimate of drug-likeness (QED) is 0.808. The molecule has 2 aromatic heterocycles. The van der Waals surface area contributed by atoms with Gasteiger partial charge in [0, 0.05) is 42.2 Å². The van der Waals surface area contributed by atoms with Gasteiger partial charge < -0.3 is 14.5 Å². The molecule has 1 aromatic carbocycles. The molecule has 0 radical (unpaired) electrons. The van der Waals surface area contributed by atoms with E-state index in [1.54, 1.807) is 6.33 Å². The Morgan fingerprint density at radius 1 is 1.39 bits per heavy atom. The van der Waals surface area contributed by atoms with Crippen molar-refractivity contribution < 1.29 is 4.79 Å². The molecule has 1 saturated heterocycles. The number of rotatable bonds is 3. The lowest BCUT2D eigenvalue weighted by atomic mass is 10.1. The molecular weight excluding hydrogens is 290 g/mol. The van der Waals surface area contributed by atoms with Gasteiger partial charge in [0.15, 0.2) is 0 Å². The van der Waals surface area contributed by atoms with Crippen molar-refractivity contribution >= 4 is 16.8 Å². The summed E-state index contributed by atoms with van der Waals surface area (Å²) in [5.41, 5.74) is 1.80. The number of carbonyl (C=O) groups excluding carboxylic acids is 1. The molecule has 1 unspecified atom stereocenters. The van der Waals surface area contributed by atoms with Crippen LogP contribution in [0.25, 0.3) is 10.9 Å². The minimum Gasteiger partial charge on any atom is -0.361 e. The highest BCUT2D eigenvalue weighted by Gasteiger charge is 2.29. The van der Waals surface area contributed by atoms with E-state index in [1.807, 2.05) is 35.4 Å². The van der Waals surface area contributed by atoms with Crippen molar-refractivity contribution in [2.75, 3.05) is 13.1 Å². The Morgan fingerprint density at radius 3 is 3.17 bits per heavy atom. The van der Waals surface area contributed by atoms with E-state index in [2.05, 4.69) is 26.7 Å². The van der Waals surface area contributed by atoms with E-state index in [0.717, 1.165) is 48.2 Å². The van der Waals surface area contributed by atoms with Crippen molar-refractivity contribution in [2.24, 2.45) is 0 Å². The van der Waals surface area contributed by atoms with Crippen molar-refractivity contribution in [2.45, 2.75) is 25.8 Å². The van der Waals surface area contributed by atoms with Gasteiger partial charge in [0.25, 0.3) is 5.91 Å². The second-order valence-corrected chi connectivity index (χ2v) is 5.98. The topological polar surface area (TPSA) is 66.8 Å². The average molecular weight is 309 g/mol. The summed E-state index contributed by atoms with van der Waals surface area (Å²) in [4.78, 5) is 17.8. The van der Waals surface area contributed by atoms with Crippen LogP contribution >= 0.6 is 0 Å². The van der Waals surface area contributed by atoms with Crippen molar-refractivity contribution in [1.29, 1.82) is 0 Å². The minimum absolute atomic E-state index is 0.0988. The smallest absolute Gasteiger partial charge is 0.253 e. The summed E-state index contributed by atoms with van der Waals surface area (Å²) in [7, 11) is 0. The van der Waals surface area contributed by atoms with Crippen LogP contribution in [0.3, 0.4) is 0 Å². The minimum atomic E-state index is 0.0988. The number of nitrogens with one attached hydrogen (secondary N) is 1. The van der Waals surface area contributed by atoms with Gasteiger partial charge in [-0.05, 0) is 30.7 Å². The number of aromatic nitrogens is 4. The van der Waals surface area contributed by atoms with E-state index in [0.29, 0.717) is 0 Å². The molecule has 23 heavy (non-hydrogen) atoms. The largest absolute Gasteiger partial charge is 0.361 e. The molecule has 6 heteroatoms. The number of aryl methyl sites for hydroxylation is 1. The van der Waals surface area contributed by atoms with Crippen molar-refractivity contribution in [1.82, 2.24) is 24.6 Å².